The van der Waals surface area contributed by atoms with Gasteiger partial charge < -0.3 is 9.47 Å². The van der Waals surface area contributed by atoms with E-state index in [-0.39, 0.29) is 11.1 Å². The molecule has 0 bridgehead atoms. The van der Waals surface area contributed by atoms with Crippen molar-refractivity contribution in [2.45, 2.75) is 6.92 Å². The topological polar surface area (TPSA) is 78.7 Å². The van der Waals surface area contributed by atoms with E-state index in [1.54, 1.807) is 12.1 Å². The zero-order chi connectivity index (χ0) is 14.6. The second kappa shape index (κ2) is 5.83. The van der Waals surface area contributed by atoms with Crippen molar-refractivity contribution in [2.75, 3.05) is 19.8 Å². The molecule has 0 saturated carbocycles. The van der Waals surface area contributed by atoms with Crippen molar-refractivity contribution in [2.24, 2.45) is 5.41 Å². The number of esters is 1. The molecule has 20 heavy (non-hydrogen) atoms. The first-order valence-electron chi connectivity index (χ1n) is 6.16. The van der Waals surface area contributed by atoms with Gasteiger partial charge in [0, 0.05) is 23.6 Å². The molecule has 0 N–H and O–H groups in total. The molecular weight excluding hydrogens is 262 g/mol. The molecule has 0 aliphatic carbocycles. The molecule has 1 heterocycles. The van der Waals surface area contributed by atoms with Crippen LogP contribution in [0.5, 0.6) is 0 Å². The molecule has 0 aromatic heterocycles. The third-order valence-electron chi connectivity index (χ3n) is 2.96. The van der Waals surface area contributed by atoms with Gasteiger partial charge in [0.1, 0.15) is 6.61 Å². The predicted octanol–water partition coefficient (Wildman–Crippen LogP) is 2.19. The van der Waals surface area contributed by atoms with Crippen molar-refractivity contribution in [1.29, 1.82) is 0 Å². The Morgan fingerprint density at radius 3 is 2.90 bits per heavy atom. The first-order valence-corrected chi connectivity index (χ1v) is 6.16. The van der Waals surface area contributed by atoms with Crippen LogP contribution in [0.2, 0.25) is 0 Å². The van der Waals surface area contributed by atoms with Crippen LogP contribution in [-0.2, 0) is 14.3 Å². The van der Waals surface area contributed by atoms with E-state index in [4.69, 9.17) is 9.47 Å². The van der Waals surface area contributed by atoms with Crippen LogP contribution in [0.1, 0.15) is 12.5 Å². The summed E-state index contributed by atoms with van der Waals surface area (Å²) >= 11 is 0. The second-order valence-corrected chi connectivity index (χ2v) is 5.10. The van der Waals surface area contributed by atoms with Crippen molar-refractivity contribution in [3.63, 3.8) is 0 Å². The lowest BCUT2D eigenvalue weighted by Gasteiger charge is -2.36. The van der Waals surface area contributed by atoms with Crippen molar-refractivity contribution in [3.8, 4) is 0 Å². The molecule has 1 aromatic carbocycles. The molecule has 0 atom stereocenters. The van der Waals surface area contributed by atoms with Crippen LogP contribution in [0.4, 0.5) is 5.69 Å². The minimum absolute atomic E-state index is 0.0142. The zero-order valence-corrected chi connectivity index (χ0v) is 11.1. The third-order valence-corrected chi connectivity index (χ3v) is 2.96. The number of non-ortho nitro benzene ring substituents is 1. The SMILES string of the molecule is CC1(COC(=O)/C=C/c2cccc([N+](=O)[O-])c2)COC1. The summed E-state index contributed by atoms with van der Waals surface area (Å²) in [4.78, 5) is 21.7. The number of nitro benzene ring substituents is 1. The number of nitrogens with zero attached hydrogens (tertiary/aromatic N) is 1. The second-order valence-electron chi connectivity index (χ2n) is 5.10. The quantitative estimate of drug-likeness (QED) is 0.357. The van der Waals surface area contributed by atoms with Crippen LogP contribution in [0.3, 0.4) is 0 Å². The average molecular weight is 277 g/mol. The molecule has 2 rings (SSSR count). The largest absolute Gasteiger partial charge is 0.462 e. The molecule has 0 amide bonds. The van der Waals surface area contributed by atoms with Crippen LogP contribution in [-0.4, -0.2) is 30.7 Å². The van der Waals surface area contributed by atoms with Crippen molar-refractivity contribution >= 4 is 17.7 Å². The minimum atomic E-state index is -0.479. The maximum atomic E-state index is 11.5. The molecule has 6 heteroatoms. The van der Waals surface area contributed by atoms with E-state index in [1.807, 2.05) is 6.92 Å². The van der Waals surface area contributed by atoms with Gasteiger partial charge in [-0.15, -0.1) is 0 Å². The molecule has 106 valence electrons. The average Bonchev–Trinajstić information content (AvgIpc) is 2.41. The maximum absolute atomic E-state index is 11.5. The molecule has 1 saturated heterocycles. The van der Waals surface area contributed by atoms with Gasteiger partial charge >= 0.3 is 5.97 Å². The molecule has 1 aromatic rings. The fraction of sp³-hybridized carbons (Fsp3) is 0.357. The lowest BCUT2D eigenvalue weighted by atomic mass is 9.90. The number of benzene rings is 1. The zero-order valence-electron chi connectivity index (χ0n) is 11.1. The van der Waals surface area contributed by atoms with E-state index >= 15 is 0 Å². The van der Waals surface area contributed by atoms with E-state index in [0.29, 0.717) is 25.4 Å². The highest BCUT2D eigenvalue weighted by Gasteiger charge is 2.34. The summed E-state index contributed by atoms with van der Waals surface area (Å²) < 4.78 is 10.2. The fourth-order valence-corrected chi connectivity index (χ4v) is 1.73. The monoisotopic (exact) mass is 277 g/mol. The van der Waals surface area contributed by atoms with Gasteiger partial charge in [-0.1, -0.05) is 19.1 Å². The number of carbonyl (C=O) groups is 1. The van der Waals surface area contributed by atoms with Gasteiger partial charge in [-0.25, -0.2) is 4.79 Å². The van der Waals surface area contributed by atoms with E-state index in [0.717, 1.165) is 0 Å². The summed E-state index contributed by atoms with van der Waals surface area (Å²) in [6, 6.07) is 6.03. The van der Waals surface area contributed by atoms with Gasteiger partial charge in [0.25, 0.3) is 5.69 Å². The standard InChI is InChI=1S/C14H15NO5/c1-14(8-19-9-14)10-20-13(16)6-5-11-3-2-4-12(7-11)15(17)18/h2-7H,8-10H2,1H3/b6-5+. The maximum Gasteiger partial charge on any atom is 0.330 e. The Bertz CT molecular complexity index is 548. The van der Waals surface area contributed by atoms with Crippen LogP contribution >= 0.6 is 0 Å². The lowest BCUT2D eigenvalue weighted by molar-refractivity contribution is -0.384. The Morgan fingerprint density at radius 2 is 2.30 bits per heavy atom. The molecule has 1 aliphatic heterocycles. The number of hydrogen-bond acceptors (Lipinski definition) is 5. The van der Waals surface area contributed by atoms with Gasteiger partial charge in [0.15, 0.2) is 0 Å². The molecular formula is C14H15NO5. The first kappa shape index (κ1) is 14.2. The number of nitro groups is 1. The summed E-state index contributed by atoms with van der Waals surface area (Å²) in [6.45, 7) is 3.48. The summed E-state index contributed by atoms with van der Waals surface area (Å²) in [7, 11) is 0. The van der Waals surface area contributed by atoms with Gasteiger partial charge in [-0.3, -0.25) is 10.1 Å². The molecule has 1 fully saturated rings. The number of ether oxygens (including phenoxy) is 2. The highest BCUT2D eigenvalue weighted by atomic mass is 16.6. The fourth-order valence-electron chi connectivity index (χ4n) is 1.73. The van der Waals surface area contributed by atoms with Gasteiger partial charge in [-0.05, 0) is 11.6 Å². The van der Waals surface area contributed by atoms with Crippen molar-refractivity contribution in [3.05, 3.63) is 46.0 Å². The first-order chi connectivity index (χ1) is 9.48. The van der Waals surface area contributed by atoms with E-state index in [9.17, 15) is 14.9 Å². The van der Waals surface area contributed by atoms with Gasteiger partial charge in [0.05, 0.1) is 18.1 Å². The Morgan fingerprint density at radius 1 is 1.55 bits per heavy atom. The number of carbonyl (C=O) groups excluding carboxylic acids is 1. The van der Waals surface area contributed by atoms with Gasteiger partial charge in [-0.2, -0.15) is 0 Å². The highest BCUT2D eigenvalue weighted by Crippen LogP contribution is 2.26. The molecule has 1 aliphatic rings. The third kappa shape index (κ3) is 3.64. The van der Waals surface area contributed by atoms with Crippen molar-refractivity contribution in [1.82, 2.24) is 0 Å². The van der Waals surface area contributed by atoms with E-state index < -0.39 is 10.9 Å². The molecule has 6 nitrogen and oxygen atoms in total. The Balaban J connectivity index is 1.89. The number of rotatable bonds is 5. The van der Waals surface area contributed by atoms with Crippen LogP contribution < -0.4 is 0 Å². The summed E-state index contributed by atoms with van der Waals surface area (Å²) in [5, 5.41) is 10.6. The van der Waals surface area contributed by atoms with E-state index in [2.05, 4.69) is 0 Å². The predicted molar refractivity (Wildman–Crippen MR) is 72.0 cm³/mol. The highest BCUT2D eigenvalue weighted by molar-refractivity contribution is 5.87. The Kier molecular flexibility index (Phi) is 4.14. The summed E-state index contributed by atoms with van der Waals surface area (Å²) in [5.74, 6) is -0.468. The van der Waals surface area contributed by atoms with Crippen molar-refractivity contribution < 1.29 is 19.2 Å². The smallest absolute Gasteiger partial charge is 0.330 e. The molecule has 0 spiro atoms. The van der Waals surface area contributed by atoms with Crippen LogP contribution in [0, 0.1) is 15.5 Å². The van der Waals surface area contributed by atoms with Gasteiger partial charge in [0.2, 0.25) is 0 Å². The normalized spacial score (nSPS) is 16.6. The van der Waals surface area contributed by atoms with Crippen LogP contribution in [0.15, 0.2) is 30.3 Å². The van der Waals surface area contributed by atoms with Crippen LogP contribution in [0.25, 0.3) is 6.08 Å². The Labute approximate surface area is 116 Å². The Hall–Kier alpha value is -2.21. The number of hydrogen-bond donors (Lipinski definition) is 0. The lowest BCUT2D eigenvalue weighted by Crippen LogP contribution is -2.43. The summed E-state index contributed by atoms with van der Waals surface area (Å²) in [6.07, 6.45) is 2.76. The van der Waals surface area contributed by atoms with E-state index in [1.165, 1.54) is 24.3 Å². The summed E-state index contributed by atoms with van der Waals surface area (Å²) in [5.41, 5.74) is 0.476. The minimum Gasteiger partial charge on any atom is -0.462 e. The molecule has 0 radical (unpaired) electrons. The molecule has 0 unspecified atom stereocenters.